The van der Waals surface area contributed by atoms with E-state index in [1.807, 2.05) is 6.92 Å². The van der Waals surface area contributed by atoms with E-state index in [1.165, 1.54) is 25.3 Å². The Kier molecular flexibility index (Phi) is 7.45. The second-order valence-electron chi connectivity index (χ2n) is 8.63. The molecule has 0 saturated carbocycles. The third-order valence-electron chi connectivity index (χ3n) is 6.35. The van der Waals surface area contributed by atoms with Gasteiger partial charge in [-0.05, 0) is 44.2 Å². The fraction of sp³-hybridized carbons (Fsp3) is 0.458. The molecule has 182 valence electrons. The number of dihydropyridines is 1. The predicted molar refractivity (Wildman–Crippen MR) is 124 cm³/mol. The van der Waals surface area contributed by atoms with Gasteiger partial charge in [0.1, 0.15) is 10.9 Å². The molecule has 0 bridgehead atoms. The molecule has 3 rings (SSSR count). The van der Waals surface area contributed by atoms with Crippen molar-refractivity contribution < 1.29 is 28.8 Å². The average Bonchev–Trinajstić information content (AvgIpc) is 2.77. The average molecular weight is 491 g/mol. The maximum atomic E-state index is 13.7. The lowest BCUT2D eigenvalue weighted by Gasteiger charge is -2.38. The summed E-state index contributed by atoms with van der Waals surface area (Å²) in [5, 5.41) is 14.6. The number of carbonyl (C=O) groups excluding carboxylic acids is 3. The van der Waals surface area contributed by atoms with Crippen LogP contribution in [-0.4, -0.2) is 35.9 Å². The molecule has 0 radical (unpaired) electrons. The first-order chi connectivity index (χ1) is 16.0. The van der Waals surface area contributed by atoms with Crippen LogP contribution in [0.3, 0.4) is 0 Å². The van der Waals surface area contributed by atoms with Gasteiger partial charge in [0.2, 0.25) is 0 Å². The smallest absolute Gasteiger partial charge is 0.337 e. The van der Waals surface area contributed by atoms with Crippen molar-refractivity contribution >= 4 is 35.0 Å². The summed E-state index contributed by atoms with van der Waals surface area (Å²) in [6, 6.07) is 4.15. The lowest BCUT2D eigenvalue weighted by molar-refractivity contribution is -0.384. The SMILES string of the molecule is CCC(C)OC(=O)C1=C(C)NC2=C(C(=O)C(C(=O)OC)C(C)C2)C1c1ccc(Cl)c([N+](=O)[O-])c1. The number of carbonyl (C=O) groups is 3. The van der Waals surface area contributed by atoms with Gasteiger partial charge >= 0.3 is 11.9 Å². The van der Waals surface area contributed by atoms with E-state index in [9.17, 15) is 24.5 Å². The maximum Gasteiger partial charge on any atom is 0.337 e. The molecule has 0 amide bonds. The lowest BCUT2D eigenvalue weighted by Crippen LogP contribution is -2.43. The molecule has 10 heteroatoms. The summed E-state index contributed by atoms with van der Waals surface area (Å²) in [6.07, 6.45) is 0.559. The molecule has 34 heavy (non-hydrogen) atoms. The van der Waals surface area contributed by atoms with Crippen molar-refractivity contribution in [3.8, 4) is 0 Å². The third kappa shape index (κ3) is 4.57. The van der Waals surface area contributed by atoms with Crippen LogP contribution in [-0.2, 0) is 23.9 Å². The molecule has 1 aliphatic carbocycles. The summed E-state index contributed by atoms with van der Waals surface area (Å²) in [4.78, 5) is 50.3. The Morgan fingerprint density at radius 1 is 1.35 bits per heavy atom. The number of hydrogen-bond donors (Lipinski definition) is 1. The minimum atomic E-state index is -1.06. The van der Waals surface area contributed by atoms with Gasteiger partial charge in [-0.25, -0.2) is 4.79 Å². The van der Waals surface area contributed by atoms with Crippen LogP contribution in [0.4, 0.5) is 5.69 Å². The molecule has 1 aliphatic heterocycles. The number of esters is 2. The summed E-state index contributed by atoms with van der Waals surface area (Å²) < 4.78 is 10.4. The van der Waals surface area contributed by atoms with Crippen LogP contribution in [0.1, 0.15) is 52.0 Å². The molecular formula is C24H27ClN2O7. The number of ketones is 1. The van der Waals surface area contributed by atoms with Crippen LogP contribution in [0.25, 0.3) is 0 Å². The van der Waals surface area contributed by atoms with E-state index >= 15 is 0 Å². The second kappa shape index (κ2) is 9.97. The van der Waals surface area contributed by atoms with E-state index in [0.717, 1.165) is 0 Å². The third-order valence-corrected chi connectivity index (χ3v) is 6.67. The molecule has 1 N–H and O–H groups in total. The first kappa shape index (κ1) is 25.4. The van der Waals surface area contributed by atoms with Crippen LogP contribution in [0.5, 0.6) is 0 Å². The Bertz CT molecular complexity index is 1120. The largest absolute Gasteiger partial charge is 0.468 e. The first-order valence-corrected chi connectivity index (χ1v) is 11.4. The van der Waals surface area contributed by atoms with Gasteiger partial charge in [-0.15, -0.1) is 0 Å². The molecule has 0 saturated heterocycles. The monoisotopic (exact) mass is 490 g/mol. The Hall–Kier alpha value is -3.20. The number of hydrogen-bond acceptors (Lipinski definition) is 8. The minimum absolute atomic E-state index is 0.0719. The minimum Gasteiger partial charge on any atom is -0.468 e. The Morgan fingerprint density at radius 3 is 2.62 bits per heavy atom. The lowest BCUT2D eigenvalue weighted by atomic mass is 9.69. The van der Waals surface area contributed by atoms with Crippen LogP contribution < -0.4 is 5.32 Å². The fourth-order valence-corrected chi connectivity index (χ4v) is 4.65. The van der Waals surface area contributed by atoms with Gasteiger partial charge in [-0.3, -0.25) is 19.7 Å². The normalized spacial score (nSPS) is 23.1. The molecule has 4 unspecified atom stereocenters. The number of rotatable bonds is 6. The molecule has 1 aromatic rings. The van der Waals surface area contributed by atoms with Crippen molar-refractivity contribution in [2.75, 3.05) is 7.11 Å². The molecule has 1 heterocycles. The van der Waals surface area contributed by atoms with Crippen LogP contribution in [0.2, 0.25) is 5.02 Å². The van der Waals surface area contributed by atoms with Gasteiger partial charge in [0.15, 0.2) is 5.78 Å². The highest BCUT2D eigenvalue weighted by Crippen LogP contribution is 2.46. The number of Topliss-reactive ketones (excluding diaryl/α,β-unsaturated/α-hetero) is 1. The molecule has 0 spiro atoms. The number of ether oxygens (including phenoxy) is 2. The molecule has 9 nitrogen and oxygen atoms in total. The number of allylic oxidation sites excluding steroid dienone is 3. The number of methoxy groups -OCH3 is 1. The van der Waals surface area contributed by atoms with Crippen molar-refractivity contribution in [2.24, 2.45) is 11.8 Å². The van der Waals surface area contributed by atoms with Gasteiger partial charge in [0, 0.05) is 29.0 Å². The zero-order valence-electron chi connectivity index (χ0n) is 19.6. The zero-order valence-corrected chi connectivity index (χ0v) is 20.4. The molecule has 4 atom stereocenters. The summed E-state index contributed by atoms with van der Waals surface area (Å²) in [5.41, 5.74) is 1.37. The highest BCUT2D eigenvalue weighted by atomic mass is 35.5. The number of nitrogens with one attached hydrogen (secondary N) is 1. The molecule has 1 aromatic carbocycles. The van der Waals surface area contributed by atoms with Crippen LogP contribution >= 0.6 is 11.6 Å². The number of nitro groups is 1. The standard InChI is InChI=1S/C24H27ClN2O7/c1-6-12(3)34-24(30)19-13(4)26-16-9-11(2)18(23(29)33-5)22(28)21(16)20(19)14-7-8-15(25)17(10-14)27(31)32/h7-8,10-12,18,20,26H,6,9H2,1-5H3. The van der Waals surface area contributed by atoms with Crippen LogP contribution in [0, 0.1) is 22.0 Å². The van der Waals surface area contributed by atoms with Crippen molar-refractivity contribution in [3.63, 3.8) is 0 Å². The van der Waals surface area contributed by atoms with Gasteiger partial charge in [0.25, 0.3) is 5.69 Å². The first-order valence-electron chi connectivity index (χ1n) is 11.0. The van der Waals surface area contributed by atoms with E-state index in [4.69, 9.17) is 21.1 Å². The predicted octanol–water partition coefficient (Wildman–Crippen LogP) is 4.20. The van der Waals surface area contributed by atoms with Gasteiger partial charge in [0.05, 0.1) is 23.7 Å². The highest BCUT2D eigenvalue weighted by molar-refractivity contribution is 6.32. The Labute approximate surface area is 202 Å². The van der Waals surface area contributed by atoms with E-state index < -0.39 is 34.5 Å². The van der Waals surface area contributed by atoms with E-state index in [-0.39, 0.29) is 33.9 Å². The number of nitro benzene ring substituents is 1. The molecule has 0 aromatic heterocycles. The fourth-order valence-electron chi connectivity index (χ4n) is 4.46. The summed E-state index contributed by atoms with van der Waals surface area (Å²) in [7, 11) is 1.21. The van der Waals surface area contributed by atoms with Crippen molar-refractivity contribution in [1.29, 1.82) is 0 Å². The summed E-state index contributed by atoms with van der Waals surface area (Å²) in [6.45, 7) is 7.08. The van der Waals surface area contributed by atoms with E-state index in [2.05, 4.69) is 5.32 Å². The molecule has 0 fully saturated rings. The zero-order chi connectivity index (χ0) is 25.3. The van der Waals surface area contributed by atoms with E-state index in [1.54, 1.807) is 20.8 Å². The highest BCUT2D eigenvalue weighted by Gasteiger charge is 2.47. The van der Waals surface area contributed by atoms with Gasteiger partial charge < -0.3 is 14.8 Å². The molecule has 2 aliphatic rings. The number of nitrogens with zero attached hydrogens (tertiary/aromatic N) is 1. The van der Waals surface area contributed by atoms with Crippen molar-refractivity contribution in [3.05, 3.63) is 61.4 Å². The summed E-state index contributed by atoms with van der Waals surface area (Å²) in [5.74, 6) is -4.17. The van der Waals surface area contributed by atoms with Crippen molar-refractivity contribution in [1.82, 2.24) is 5.32 Å². The van der Waals surface area contributed by atoms with Crippen LogP contribution in [0.15, 0.2) is 40.7 Å². The summed E-state index contributed by atoms with van der Waals surface area (Å²) >= 11 is 6.02. The second-order valence-corrected chi connectivity index (χ2v) is 9.03. The number of benzene rings is 1. The van der Waals surface area contributed by atoms with Gasteiger partial charge in [-0.1, -0.05) is 31.5 Å². The molecular weight excluding hydrogens is 464 g/mol. The van der Waals surface area contributed by atoms with E-state index in [0.29, 0.717) is 29.8 Å². The van der Waals surface area contributed by atoms with Crippen molar-refractivity contribution in [2.45, 2.75) is 52.6 Å². The Morgan fingerprint density at radius 2 is 2.03 bits per heavy atom. The van der Waals surface area contributed by atoms with Gasteiger partial charge in [-0.2, -0.15) is 0 Å². The Balaban J connectivity index is 2.23. The maximum absolute atomic E-state index is 13.7. The topological polar surface area (TPSA) is 125 Å². The quantitative estimate of drug-likeness (QED) is 0.272. The number of halogens is 1.